The smallest absolute Gasteiger partial charge is 0.162 e. The Labute approximate surface area is 151 Å². The van der Waals surface area contributed by atoms with E-state index in [1.165, 1.54) is 38.5 Å². The van der Waals surface area contributed by atoms with Crippen LogP contribution in [0.25, 0.3) is 0 Å². The van der Waals surface area contributed by atoms with Crippen molar-refractivity contribution in [2.45, 2.75) is 77.4 Å². The zero-order valence-corrected chi connectivity index (χ0v) is 15.5. The van der Waals surface area contributed by atoms with Gasteiger partial charge < -0.3 is 15.3 Å². The molecule has 142 valence electrons. The molecule has 0 aromatic heterocycles. The number of fused-ring (bicyclic) bond motifs is 5. The van der Waals surface area contributed by atoms with Crippen molar-refractivity contribution in [2.75, 3.05) is 6.61 Å². The number of ketones is 1. The number of rotatable bonds is 3. The highest BCUT2D eigenvalue weighted by Gasteiger charge is 2.64. The first-order valence-corrected chi connectivity index (χ1v) is 10.4. The summed E-state index contributed by atoms with van der Waals surface area (Å²) in [5, 5.41) is 30.1. The SMILES string of the molecule is C[C@]12CCCCC1CC[C@H]1[C@@H]3CC[C@H](C(=O)CO)[C@@]3(C(O)O)CC[C@@H]12. The van der Waals surface area contributed by atoms with E-state index >= 15 is 0 Å². The first-order chi connectivity index (χ1) is 11.9. The van der Waals surface area contributed by atoms with Crippen LogP contribution in [0, 0.1) is 40.4 Å². The topological polar surface area (TPSA) is 77.8 Å². The molecule has 4 rings (SSSR count). The molecule has 0 bridgehead atoms. The Morgan fingerprint density at radius 1 is 1.00 bits per heavy atom. The van der Waals surface area contributed by atoms with Gasteiger partial charge in [0.25, 0.3) is 0 Å². The summed E-state index contributed by atoms with van der Waals surface area (Å²) in [7, 11) is 0. The predicted octanol–water partition coefficient (Wildman–Crippen LogP) is 2.89. The van der Waals surface area contributed by atoms with Crippen molar-refractivity contribution < 1.29 is 20.1 Å². The molecule has 0 aromatic rings. The van der Waals surface area contributed by atoms with Gasteiger partial charge in [0.2, 0.25) is 0 Å². The predicted molar refractivity (Wildman–Crippen MR) is 94.5 cm³/mol. The highest BCUT2D eigenvalue weighted by Crippen LogP contribution is 2.68. The number of carbonyl (C=O) groups is 1. The van der Waals surface area contributed by atoms with E-state index in [9.17, 15) is 20.1 Å². The fraction of sp³-hybridized carbons (Fsp3) is 0.952. The minimum atomic E-state index is -1.45. The molecule has 0 radical (unpaired) electrons. The molecule has 0 spiro atoms. The number of Topliss-reactive ketones (excluding diaryl/α,β-unsaturated/α-hetero) is 1. The van der Waals surface area contributed by atoms with E-state index in [1.54, 1.807) is 0 Å². The fourth-order valence-electron chi connectivity index (χ4n) is 8.09. The van der Waals surface area contributed by atoms with Gasteiger partial charge in [-0.15, -0.1) is 0 Å². The summed E-state index contributed by atoms with van der Waals surface area (Å²) in [4.78, 5) is 12.4. The first-order valence-electron chi connectivity index (χ1n) is 10.4. The molecule has 4 aliphatic rings. The van der Waals surface area contributed by atoms with Gasteiger partial charge in [-0.05, 0) is 80.5 Å². The monoisotopic (exact) mass is 350 g/mol. The van der Waals surface area contributed by atoms with Gasteiger partial charge in [0, 0.05) is 11.3 Å². The average molecular weight is 350 g/mol. The molecule has 3 N–H and O–H groups in total. The molecule has 0 amide bonds. The lowest BCUT2D eigenvalue weighted by Gasteiger charge is -2.61. The van der Waals surface area contributed by atoms with Crippen LogP contribution in [0.4, 0.5) is 0 Å². The summed E-state index contributed by atoms with van der Waals surface area (Å²) in [5.74, 6) is 1.70. The van der Waals surface area contributed by atoms with Crippen LogP contribution in [0.3, 0.4) is 0 Å². The number of hydrogen-bond donors (Lipinski definition) is 3. The minimum Gasteiger partial charge on any atom is -0.389 e. The van der Waals surface area contributed by atoms with Crippen molar-refractivity contribution in [1.82, 2.24) is 0 Å². The largest absolute Gasteiger partial charge is 0.389 e. The van der Waals surface area contributed by atoms with Gasteiger partial charge in [0.05, 0.1) is 0 Å². The van der Waals surface area contributed by atoms with Crippen LogP contribution >= 0.6 is 0 Å². The number of hydrogen-bond acceptors (Lipinski definition) is 4. The molecular weight excluding hydrogens is 316 g/mol. The van der Waals surface area contributed by atoms with Gasteiger partial charge in [-0.25, -0.2) is 0 Å². The van der Waals surface area contributed by atoms with E-state index in [2.05, 4.69) is 6.92 Å². The van der Waals surface area contributed by atoms with E-state index in [4.69, 9.17) is 0 Å². The highest BCUT2D eigenvalue weighted by atomic mass is 16.5. The third-order valence-electron chi connectivity index (χ3n) is 9.20. The van der Waals surface area contributed by atoms with E-state index < -0.39 is 18.3 Å². The van der Waals surface area contributed by atoms with Crippen LogP contribution in [-0.2, 0) is 4.79 Å². The minimum absolute atomic E-state index is 0.188. The molecule has 4 saturated carbocycles. The Morgan fingerprint density at radius 2 is 1.80 bits per heavy atom. The van der Waals surface area contributed by atoms with Crippen LogP contribution < -0.4 is 0 Å². The molecule has 1 unspecified atom stereocenters. The van der Waals surface area contributed by atoms with Gasteiger partial charge >= 0.3 is 0 Å². The molecule has 4 nitrogen and oxygen atoms in total. The molecule has 4 fully saturated rings. The lowest BCUT2D eigenvalue weighted by Crippen LogP contribution is -2.57. The van der Waals surface area contributed by atoms with Crippen molar-refractivity contribution in [3.05, 3.63) is 0 Å². The van der Waals surface area contributed by atoms with Gasteiger partial charge in [0.1, 0.15) is 6.61 Å². The van der Waals surface area contributed by atoms with E-state index in [-0.39, 0.29) is 17.6 Å². The van der Waals surface area contributed by atoms with Crippen molar-refractivity contribution in [1.29, 1.82) is 0 Å². The second kappa shape index (κ2) is 6.31. The van der Waals surface area contributed by atoms with E-state index in [0.29, 0.717) is 23.7 Å². The zero-order valence-electron chi connectivity index (χ0n) is 15.5. The Morgan fingerprint density at radius 3 is 2.52 bits per heavy atom. The molecule has 0 saturated heterocycles. The maximum atomic E-state index is 12.4. The quantitative estimate of drug-likeness (QED) is 0.684. The third-order valence-corrected chi connectivity index (χ3v) is 9.20. The second-order valence-corrected chi connectivity index (χ2v) is 9.68. The molecular formula is C21H34O4. The second-order valence-electron chi connectivity index (χ2n) is 9.68. The van der Waals surface area contributed by atoms with Gasteiger partial charge in [-0.3, -0.25) is 4.79 Å². The Balaban J connectivity index is 1.67. The number of aliphatic hydroxyl groups is 3. The van der Waals surface area contributed by atoms with Crippen LogP contribution in [0.15, 0.2) is 0 Å². The molecule has 25 heavy (non-hydrogen) atoms. The summed E-state index contributed by atoms with van der Waals surface area (Å²) in [6.07, 6.45) is 9.76. The highest BCUT2D eigenvalue weighted by molar-refractivity contribution is 5.83. The standard InChI is InChI=1S/C21H34O4/c1-20-10-3-2-4-13(20)5-6-14-15(20)9-11-21(19(24)25)16(14)7-8-17(21)18(23)12-22/h13-17,19,22,24-25H,2-12H2,1H3/t13?,14-,15+,16+,17-,20+,21-/m1/s1. The van der Waals surface area contributed by atoms with Crippen molar-refractivity contribution in [3.8, 4) is 0 Å². The summed E-state index contributed by atoms with van der Waals surface area (Å²) in [6.45, 7) is 2.03. The Hall–Kier alpha value is -0.450. The molecule has 0 aromatic carbocycles. The molecule has 7 atom stereocenters. The van der Waals surface area contributed by atoms with E-state index in [1.807, 2.05) is 0 Å². The number of aliphatic hydroxyl groups excluding tert-OH is 2. The summed E-state index contributed by atoms with van der Waals surface area (Å²) >= 11 is 0. The van der Waals surface area contributed by atoms with Crippen LogP contribution in [0.1, 0.15) is 71.1 Å². The zero-order chi connectivity index (χ0) is 17.8. The molecule has 0 heterocycles. The molecule has 4 aliphatic carbocycles. The fourth-order valence-corrected chi connectivity index (χ4v) is 8.09. The van der Waals surface area contributed by atoms with Crippen molar-refractivity contribution >= 4 is 5.78 Å². The Bertz CT molecular complexity index is 532. The number of carbonyl (C=O) groups excluding carboxylic acids is 1. The summed E-state index contributed by atoms with van der Waals surface area (Å²) < 4.78 is 0. The summed E-state index contributed by atoms with van der Waals surface area (Å²) in [5.41, 5.74) is -0.300. The normalized spacial score (nSPS) is 49.4. The van der Waals surface area contributed by atoms with Gasteiger partial charge in [0.15, 0.2) is 12.1 Å². The van der Waals surface area contributed by atoms with E-state index in [0.717, 1.165) is 25.2 Å². The van der Waals surface area contributed by atoms with Gasteiger partial charge in [-0.1, -0.05) is 19.8 Å². The maximum Gasteiger partial charge on any atom is 0.162 e. The van der Waals surface area contributed by atoms with Crippen LogP contribution in [0.2, 0.25) is 0 Å². The molecule has 4 heteroatoms. The lowest BCUT2D eigenvalue weighted by atomic mass is 9.44. The van der Waals surface area contributed by atoms with Crippen molar-refractivity contribution in [2.24, 2.45) is 40.4 Å². The maximum absolute atomic E-state index is 12.4. The van der Waals surface area contributed by atoms with Gasteiger partial charge in [-0.2, -0.15) is 0 Å². The Kier molecular flexibility index (Phi) is 4.53. The average Bonchev–Trinajstić information content (AvgIpc) is 3.01. The first kappa shape index (κ1) is 17.9. The van der Waals surface area contributed by atoms with Crippen molar-refractivity contribution in [3.63, 3.8) is 0 Å². The summed E-state index contributed by atoms with van der Waals surface area (Å²) in [6, 6.07) is 0. The molecule has 0 aliphatic heterocycles. The third kappa shape index (κ3) is 2.40. The van der Waals surface area contributed by atoms with Crippen LogP contribution in [-0.4, -0.2) is 34.0 Å². The lowest BCUT2D eigenvalue weighted by molar-refractivity contribution is -0.215. The van der Waals surface area contributed by atoms with Crippen LogP contribution in [0.5, 0.6) is 0 Å².